The average Bonchev–Trinajstić information content (AvgIpc) is 3.22. The first kappa shape index (κ1) is 23.8. The molecule has 0 aliphatic carbocycles. The highest BCUT2D eigenvalue weighted by molar-refractivity contribution is 7.14. The molecule has 0 bridgehead atoms. The molecule has 1 amide bonds. The SMILES string of the molecule is C=C=C(/C=C\C=C/CC)c1csc(NC(=O)c2ccc3c#cc(C)nc3c2)n1.CCC.[HH]. The highest BCUT2D eigenvalue weighted by atomic mass is 32.1. The molecule has 0 radical (unpaired) electrons. The summed E-state index contributed by atoms with van der Waals surface area (Å²) in [5, 5.41) is 6.04. The maximum atomic E-state index is 12.6. The van der Waals surface area contributed by atoms with Crippen molar-refractivity contribution in [2.45, 2.75) is 40.5 Å². The molecule has 1 N–H and O–H groups in total. The Morgan fingerprint density at radius 1 is 1.26 bits per heavy atom. The summed E-state index contributed by atoms with van der Waals surface area (Å²) in [6.45, 7) is 11.9. The number of nitrogens with zero attached hydrogens (tertiary/aromatic N) is 2. The predicted molar refractivity (Wildman–Crippen MR) is 133 cm³/mol. The Hall–Kier alpha value is -3.45. The molecule has 160 valence electrons. The van der Waals surface area contributed by atoms with Crippen molar-refractivity contribution >= 4 is 38.9 Å². The van der Waals surface area contributed by atoms with Gasteiger partial charge in [-0.15, -0.1) is 17.1 Å². The van der Waals surface area contributed by atoms with Crippen molar-refractivity contribution in [2.75, 3.05) is 5.32 Å². The second-order valence-electron chi connectivity index (χ2n) is 6.66. The van der Waals surface area contributed by atoms with Crippen LogP contribution in [0.1, 0.15) is 56.8 Å². The molecular formula is C26H29N3OS. The second-order valence-corrected chi connectivity index (χ2v) is 7.52. The van der Waals surface area contributed by atoms with E-state index >= 15 is 0 Å². The van der Waals surface area contributed by atoms with E-state index in [1.54, 1.807) is 12.1 Å². The third kappa shape index (κ3) is 7.08. The van der Waals surface area contributed by atoms with E-state index in [0.29, 0.717) is 16.2 Å². The topological polar surface area (TPSA) is 54.9 Å². The average molecular weight is 432 g/mol. The summed E-state index contributed by atoms with van der Waals surface area (Å²) in [6.07, 6.45) is 10.1. The lowest BCUT2D eigenvalue weighted by Gasteiger charge is -2.03. The first-order valence-electron chi connectivity index (χ1n) is 10.2. The molecule has 4 nitrogen and oxygen atoms in total. The molecule has 5 heteroatoms. The zero-order valence-corrected chi connectivity index (χ0v) is 19.3. The summed E-state index contributed by atoms with van der Waals surface area (Å²) in [4.78, 5) is 21.4. The van der Waals surface area contributed by atoms with E-state index in [9.17, 15) is 4.79 Å². The molecule has 0 aliphatic heterocycles. The third-order valence-electron chi connectivity index (χ3n) is 3.86. The number of anilines is 1. The van der Waals surface area contributed by atoms with Crippen molar-refractivity contribution < 1.29 is 6.22 Å². The summed E-state index contributed by atoms with van der Waals surface area (Å²) in [6, 6.07) is 11.3. The highest BCUT2D eigenvalue weighted by Gasteiger charge is 2.11. The number of allylic oxidation sites excluding steroid dienone is 5. The Morgan fingerprint density at radius 3 is 2.74 bits per heavy atom. The van der Waals surface area contributed by atoms with Crippen molar-refractivity contribution in [3.05, 3.63) is 89.3 Å². The largest absolute Gasteiger partial charge is 0.298 e. The van der Waals surface area contributed by atoms with E-state index in [2.05, 4.69) is 66.6 Å². The minimum atomic E-state index is -0.236. The number of thiazole rings is 1. The fourth-order valence-electron chi connectivity index (χ4n) is 2.46. The van der Waals surface area contributed by atoms with Gasteiger partial charge in [0.15, 0.2) is 5.13 Å². The molecule has 3 aromatic rings. The fraction of sp³-hybridized carbons (Fsp3) is 0.231. The van der Waals surface area contributed by atoms with Gasteiger partial charge >= 0.3 is 0 Å². The van der Waals surface area contributed by atoms with Gasteiger partial charge in [0.1, 0.15) is 0 Å². The first-order chi connectivity index (χ1) is 15.0. The number of amides is 1. The van der Waals surface area contributed by atoms with Gasteiger partial charge in [-0.05, 0) is 43.7 Å². The number of aromatic nitrogens is 2. The van der Waals surface area contributed by atoms with Crippen LogP contribution >= 0.6 is 11.3 Å². The van der Waals surface area contributed by atoms with Gasteiger partial charge in [-0.1, -0.05) is 58.1 Å². The number of aryl methyl sites for hydroxylation is 1. The molecule has 31 heavy (non-hydrogen) atoms. The van der Waals surface area contributed by atoms with Gasteiger partial charge < -0.3 is 0 Å². The number of carbonyl (C=O) groups excluding carboxylic acids is 1. The van der Waals surface area contributed by atoms with Crippen LogP contribution in [0.5, 0.6) is 0 Å². The first-order valence-corrected chi connectivity index (χ1v) is 11.1. The summed E-state index contributed by atoms with van der Waals surface area (Å²) in [5.74, 6) is -0.236. The Bertz CT molecular complexity index is 1140. The van der Waals surface area contributed by atoms with Crippen LogP contribution in [0.15, 0.2) is 60.2 Å². The minimum absolute atomic E-state index is 0. The molecule has 1 aromatic carbocycles. The quantitative estimate of drug-likeness (QED) is 0.331. The molecular weight excluding hydrogens is 402 g/mol. The monoisotopic (exact) mass is 431 g/mol. The van der Waals surface area contributed by atoms with Crippen molar-refractivity contribution in [1.29, 1.82) is 0 Å². The van der Waals surface area contributed by atoms with E-state index < -0.39 is 0 Å². The summed E-state index contributed by atoms with van der Waals surface area (Å²) in [7, 11) is 0. The maximum Gasteiger partial charge on any atom is 0.257 e. The molecule has 0 unspecified atom stereocenters. The highest BCUT2D eigenvalue weighted by Crippen LogP contribution is 2.23. The van der Waals surface area contributed by atoms with Crippen LogP contribution in [-0.2, 0) is 0 Å². The van der Waals surface area contributed by atoms with Crippen molar-refractivity contribution in [1.82, 2.24) is 9.97 Å². The number of carbonyl (C=O) groups is 1. The van der Waals surface area contributed by atoms with Crippen molar-refractivity contribution in [2.24, 2.45) is 0 Å². The predicted octanol–water partition coefficient (Wildman–Crippen LogP) is 7.21. The Balaban J connectivity index is 0.00000121. The van der Waals surface area contributed by atoms with E-state index in [1.165, 1.54) is 17.8 Å². The van der Waals surface area contributed by atoms with Crippen LogP contribution in [0.3, 0.4) is 0 Å². The number of benzene rings is 1. The standard InChI is InChI=1S/C23H19N3OS.C3H8.H2/c1-4-6-7-8-9-17(5-2)21-15-28-23(25-21)26-22(27)19-13-12-18-11-10-16(3)24-20(18)14-19;1-3-2;/h6-9,12-15H,2,4H2,1,3H3,(H,25,26,27);3H2,1-2H3;1H/b7-6-,9-8-;;. The van der Waals surface area contributed by atoms with Gasteiger partial charge in [-0.25, -0.2) is 9.97 Å². The lowest BCUT2D eigenvalue weighted by Crippen LogP contribution is -2.11. The lowest BCUT2D eigenvalue weighted by molar-refractivity contribution is 0.102. The summed E-state index contributed by atoms with van der Waals surface area (Å²) < 4.78 is 0. The Labute approximate surface area is 190 Å². The van der Waals surface area contributed by atoms with E-state index in [4.69, 9.17) is 0 Å². The van der Waals surface area contributed by atoms with Crippen molar-refractivity contribution in [3.63, 3.8) is 0 Å². The van der Waals surface area contributed by atoms with Gasteiger partial charge in [0.2, 0.25) is 0 Å². The van der Waals surface area contributed by atoms with Gasteiger partial charge in [-0.3, -0.25) is 10.1 Å². The number of nitrogens with one attached hydrogen (secondary N) is 1. The number of hydrogen-bond acceptors (Lipinski definition) is 4. The summed E-state index contributed by atoms with van der Waals surface area (Å²) in [5.41, 5.74) is 6.34. The lowest BCUT2D eigenvalue weighted by atomic mass is 10.1. The number of fused-ring (bicyclic) bond motifs is 1. The molecule has 0 fully saturated rings. The zero-order chi connectivity index (χ0) is 22.6. The molecule has 0 atom stereocenters. The number of hydrogen-bond donors (Lipinski definition) is 1. The van der Waals surface area contributed by atoms with Gasteiger partial charge in [0, 0.05) is 17.9 Å². The fourth-order valence-corrected chi connectivity index (χ4v) is 3.17. The Kier molecular flexibility index (Phi) is 9.45. The zero-order valence-electron chi connectivity index (χ0n) is 18.5. The van der Waals surface area contributed by atoms with Crippen LogP contribution in [0.4, 0.5) is 5.13 Å². The van der Waals surface area contributed by atoms with Gasteiger partial charge in [0.25, 0.3) is 5.91 Å². The molecule has 0 saturated carbocycles. The van der Waals surface area contributed by atoms with E-state index in [-0.39, 0.29) is 7.33 Å². The molecule has 2 heterocycles. The van der Waals surface area contributed by atoms with Crippen LogP contribution in [0, 0.1) is 19.1 Å². The van der Waals surface area contributed by atoms with Crippen LogP contribution < -0.4 is 5.32 Å². The van der Waals surface area contributed by atoms with Crippen LogP contribution in [0.25, 0.3) is 16.5 Å². The summed E-state index contributed by atoms with van der Waals surface area (Å²) >= 11 is 1.36. The van der Waals surface area contributed by atoms with E-state index in [1.807, 2.05) is 36.6 Å². The Morgan fingerprint density at radius 2 is 2.03 bits per heavy atom. The maximum absolute atomic E-state index is 12.6. The van der Waals surface area contributed by atoms with Crippen LogP contribution in [0.2, 0.25) is 0 Å². The van der Waals surface area contributed by atoms with Crippen molar-refractivity contribution in [3.8, 4) is 0 Å². The van der Waals surface area contributed by atoms with Crippen LogP contribution in [-0.4, -0.2) is 15.9 Å². The molecule has 2 aromatic heterocycles. The third-order valence-corrected chi connectivity index (χ3v) is 4.62. The smallest absolute Gasteiger partial charge is 0.257 e. The molecule has 0 saturated heterocycles. The minimum Gasteiger partial charge on any atom is -0.298 e. The molecule has 0 aliphatic rings. The molecule has 3 rings (SSSR count). The molecule has 0 spiro atoms. The normalized spacial score (nSPS) is 10.5. The second kappa shape index (κ2) is 12.3. The van der Waals surface area contributed by atoms with Gasteiger partial charge in [0.05, 0.1) is 22.3 Å². The van der Waals surface area contributed by atoms with E-state index in [0.717, 1.165) is 28.8 Å². The number of rotatable bonds is 6. The van der Waals surface area contributed by atoms with Gasteiger partial charge in [-0.2, -0.15) is 0 Å².